The number of pyridine rings is 1. The maximum Gasteiger partial charge on any atom is 0.270 e. The summed E-state index contributed by atoms with van der Waals surface area (Å²) in [6, 6.07) is 7.37. The Morgan fingerprint density at radius 3 is 2.94 bits per heavy atom. The summed E-state index contributed by atoms with van der Waals surface area (Å²) >= 11 is 7.94. The molecule has 1 aliphatic rings. The van der Waals surface area contributed by atoms with E-state index in [0.29, 0.717) is 46.3 Å². The van der Waals surface area contributed by atoms with Gasteiger partial charge in [-0.15, -0.1) is 11.3 Å². The number of hydrogen-bond acceptors (Lipinski definition) is 8. The maximum absolute atomic E-state index is 13.2. The fraction of sp³-hybridized carbons (Fsp3) is 0.318. The van der Waals surface area contributed by atoms with Crippen LogP contribution in [0.4, 0.5) is 5.82 Å². The zero-order valence-corrected chi connectivity index (χ0v) is 18.9. The molecule has 4 aromatic rings. The third kappa shape index (κ3) is 4.11. The Labute approximate surface area is 193 Å². The number of carbonyl (C=O) groups is 1. The van der Waals surface area contributed by atoms with Crippen molar-refractivity contribution >= 4 is 55.8 Å². The summed E-state index contributed by atoms with van der Waals surface area (Å²) < 4.78 is 5.40. The first-order chi connectivity index (χ1) is 15.6. The molecule has 1 atom stereocenters. The van der Waals surface area contributed by atoms with Crippen LogP contribution in [-0.2, 0) is 4.74 Å². The van der Waals surface area contributed by atoms with E-state index < -0.39 is 0 Å². The molecule has 2 N–H and O–H groups in total. The highest BCUT2D eigenvalue weighted by molar-refractivity contribution is 7.16. The first-order valence-electron chi connectivity index (χ1n) is 10.4. The number of nitrogens with zero attached hydrogens (tertiary/aromatic N) is 4. The highest BCUT2D eigenvalue weighted by Crippen LogP contribution is 2.30. The van der Waals surface area contributed by atoms with Gasteiger partial charge in [0.1, 0.15) is 22.4 Å². The summed E-state index contributed by atoms with van der Waals surface area (Å²) in [5.74, 6) is 0.401. The van der Waals surface area contributed by atoms with Crippen molar-refractivity contribution < 1.29 is 9.53 Å². The molecular formula is C22H21ClN6O2S. The number of amides is 1. The molecule has 0 saturated carbocycles. The van der Waals surface area contributed by atoms with E-state index in [4.69, 9.17) is 21.3 Å². The van der Waals surface area contributed by atoms with Gasteiger partial charge in [0.15, 0.2) is 5.82 Å². The van der Waals surface area contributed by atoms with E-state index in [-0.39, 0.29) is 18.0 Å². The van der Waals surface area contributed by atoms with E-state index in [2.05, 4.69) is 25.6 Å². The lowest BCUT2D eigenvalue weighted by Crippen LogP contribution is -2.39. The molecule has 8 nitrogen and oxygen atoms in total. The van der Waals surface area contributed by atoms with E-state index in [0.717, 1.165) is 23.1 Å². The zero-order chi connectivity index (χ0) is 22.1. The average Bonchev–Trinajstić information content (AvgIpc) is 3.29. The normalized spacial score (nSPS) is 15.7. The molecule has 0 bridgehead atoms. The molecule has 1 aliphatic heterocycles. The van der Waals surface area contributed by atoms with Crippen LogP contribution in [0.25, 0.3) is 21.1 Å². The number of ether oxygens (including phenoxy) is 1. The van der Waals surface area contributed by atoms with Crippen molar-refractivity contribution in [3.63, 3.8) is 0 Å². The van der Waals surface area contributed by atoms with Gasteiger partial charge in [0.2, 0.25) is 0 Å². The molecule has 3 aromatic heterocycles. The second kappa shape index (κ2) is 8.93. The molecule has 1 unspecified atom stereocenters. The van der Waals surface area contributed by atoms with Gasteiger partial charge < -0.3 is 15.4 Å². The molecule has 0 aliphatic carbocycles. The molecule has 1 amide bonds. The van der Waals surface area contributed by atoms with Crippen LogP contribution in [0.5, 0.6) is 0 Å². The largest absolute Gasteiger partial charge is 0.381 e. The molecule has 5 rings (SSSR count). The average molecular weight is 469 g/mol. The van der Waals surface area contributed by atoms with Gasteiger partial charge in [-0.3, -0.25) is 4.79 Å². The Hall–Kier alpha value is -2.88. The molecule has 1 fully saturated rings. The predicted molar refractivity (Wildman–Crippen MR) is 125 cm³/mol. The second-order valence-corrected chi connectivity index (χ2v) is 8.93. The summed E-state index contributed by atoms with van der Waals surface area (Å²) in [6.45, 7) is 3.26. The fourth-order valence-electron chi connectivity index (χ4n) is 3.85. The smallest absolute Gasteiger partial charge is 0.270 e. The number of thiazole rings is 1. The van der Waals surface area contributed by atoms with Gasteiger partial charge >= 0.3 is 0 Å². The van der Waals surface area contributed by atoms with E-state index >= 15 is 0 Å². The molecule has 1 aromatic carbocycles. The number of fused-ring (bicyclic) bond motifs is 2. The highest BCUT2D eigenvalue weighted by atomic mass is 35.5. The lowest BCUT2D eigenvalue weighted by Gasteiger charge is -2.23. The van der Waals surface area contributed by atoms with Crippen molar-refractivity contribution in [1.82, 2.24) is 25.3 Å². The van der Waals surface area contributed by atoms with Crippen molar-refractivity contribution in [2.24, 2.45) is 0 Å². The molecule has 0 spiro atoms. The van der Waals surface area contributed by atoms with Gasteiger partial charge in [0.25, 0.3) is 5.91 Å². The van der Waals surface area contributed by atoms with Gasteiger partial charge in [0.05, 0.1) is 22.3 Å². The number of aromatic nitrogens is 4. The second-order valence-electron chi connectivity index (χ2n) is 7.69. The Bertz CT molecular complexity index is 1290. The van der Waals surface area contributed by atoms with Crippen LogP contribution in [0.3, 0.4) is 0 Å². The minimum absolute atomic E-state index is 0.0637. The Morgan fingerprint density at radius 2 is 2.09 bits per heavy atom. The van der Waals surface area contributed by atoms with Crippen molar-refractivity contribution in [3.05, 3.63) is 52.5 Å². The molecule has 164 valence electrons. The van der Waals surface area contributed by atoms with Gasteiger partial charge in [-0.2, -0.15) is 0 Å². The Balaban J connectivity index is 1.50. The van der Waals surface area contributed by atoms with E-state index in [1.165, 1.54) is 17.7 Å². The Kier molecular flexibility index (Phi) is 5.86. The van der Waals surface area contributed by atoms with Gasteiger partial charge in [-0.05, 0) is 37.3 Å². The van der Waals surface area contributed by atoms with Crippen LogP contribution < -0.4 is 10.6 Å². The number of benzene rings is 1. The molecule has 1 saturated heterocycles. The maximum atomic E-state index is 13.2. The van der Waals surface area contributed by atoms with E-state index in [1.807, 2.05) is 25.1 Å². The first kappa shape index (κ1) is 21.0. The third-order valence-electron chi connectivity index (χ3n) is 5.53. The van der Waals surface area contributed by atoms with Crippen LogP contribution in [-0.4, -0.2) is 45.1 Å². The number of halogens is 1. The summed E-state index contributed by atoms with van der Waals surface area (Å²) in [7, 11) is 0. The summed E-state index contributed by atoms with van der Waals surface area (Å²) in [5.41, 5.74) is 3.49. The predicted octanol–water partition coefficient (Wildman–Crippen LogP) is 4.37. The van der Waals surface area contributed by atoms with Crippen molar-refractivity contribution in [1.29, 1.82) is 0 Å². The third-order valence-corrected chi connectivity index (χ3v) is 6.58. The molecule has 0 radical (unpaired) electrons. The van der Waals surface area contributed by atoms with Crippen LogP contribution in [0.15, 0.2) is 36.1 Å². The topological polar surface area (TPSA) is 102 Å². The molecular weight excluding hydrogens is 448 g/mol. The molecule has 32 heavy (non-hydrogen) atoms. The lowest BCUT2D eigenvalue weighted by atomic mass is 10.0. The van der Waals surface area contributed by atoms with Crippen LogP contribution in [0.1, 0.15) is 42.0 Å². The summed E-state index contributed by atoms with van der Waals surface area (Å²) in [5, 5.41) is 8.47. The summed E-state index contributed by atoms with van der Waals surface area (Å²) in [4.78, 5) is 31.7. The minimum atomic E-state index is -0.229. The quantitative estimate of drug-likeness (QED) is 0.448. The number of rotatable bonds is 5. The van der Waals surface area contributed by atoms with E-state index in [9.17, 15) is 4.79 Å². The number of nitrogens with one attached hydrogen (secondary N) is 2. The summed E-state index contributed by atoms with van der Waals surface area (Å²) in [6.07, 6.45) is 3.08. The van der Waals surface area contributed by atoms with Crippen LogP contribution in [0.2, 0.25) is 5.02 Å². The van der Waals surface area contributed by atoms with Crippen molar-refractivity contribution in [2.75, 3.05) is 18.5 Å². The van der Waals surface area contributed by atoms with Crippen molar-refractivity contribution in [2.45, 2.75) is 31.8 Å². The minimum Gasteiger partial charge on any atom is -0.381 e. The number of hydrogen-bond donors (Lipinski definition) is 2. The Morgan fingerprint density at radius 1 is 1.25 bits per heavy atom. The number of carbonyl (C=O) groups excluding carboxylic acids is 1. The van der Waals surface area contributed by atoms with Crippen LogP contribution in [0, 0.1) is 0 Å². The van der Waals surface area contributed by atoms with Crippen LogP contribution >= 0.6 is 22.9 Å². The lowest BCUT2D eigenvalue weighted by molar-refractivity contribution is 0.0695. The molecule has 4 heterocycles. The standard InChI is InChI=1S/C22H21ClN6O2S/c1-12(27-20-19-22(25-10-24-20)32-11-26-19)16-9-13-3-2-4-15(23)17(13)18(29-16)21(30)28-14-5-7-31-8-6-14/h2-4,9-12,14H,5-8H2,1H3,(H,28,30)(H,24,25,27). The molecule has 10 heteroatoms. The van der Waals surface area contributed by atoms with Gasteiger partial charge in [-0.1, -0.05) is 23.7 Å². The van der Waals surface area contributed by atoms with Gasteiger partial charge in [-0.25, -0.2) is 19.9 Å². The monoisotopic (exact) mass is 468 g/mol. The zero-order valence-electron chi connectivity index (χ0n) is 17.3. The number of anilines is 1. The highest BCUT2D eigenvalue weighted by Gasteiger charge is 2.23. The first-order valence-corrected chi connectivity index (χ1v) is 11.6. The van der Waals surface area contributed by atoms with E-state index in [1.54, 1.807) is 11.6 Å². The SMILES string of the molecule is CC(Nc1ncnc2scnc12)c1cc2cccc(Cl)c2c(C(=O)NC2CCOCC2)n1. The fourth-order valence-corrected chi connectivity index (χ4v) is 4.75. The van der Waals surface area contributed by atoms with Gasteiger partial charge in [0, 0.05) is 24.6 Å². The van der Waals surface area contributed by atoms with Crippen molar-refractivity contribution in [3.8, 4) is 0 Å².